The molecular weight excluding hydrogens is 452 g/mol. The number of methoxy groups -OCH3 is 1. The van der Waals surface area contributed by atoms with Crippen LogP contribution in [-0.4, -0.2) is 57.3 Å². The lowest BCUT2D eigenvalue weighted by Gasteiger charge is -2.55. The van der Waals surface area contributed by atoms with E-state index in [4.69, 9.17) is 4.74 Å². The van der Waals surface area contributed by atoms with Crippen LogP contribution in [0.5, 0.6) is 5.88 Å². The second-order valence-electron chi connectivity index (χ2n) is 10.5. The third-order valence-electron chi connectivity index (χ3n) is 7.06. The van der Waals surface area contributed by atoms with E-state index in [1.807, 2.05) is 25.2 Å². The first kappa shape index (κ1) is 25.8. The monoisotopic (exact) mass is 486 g/mol. The molecule has 3 heterocycles. The van der Waals surface area contributed by atoms with Crippen LogP contribution in [-0.2, 0) is 11.2 Å². The molecule has 4 rings (SSSR count). The zero-order chi connectivity index (χ0) is 26.1. The van der Waals surface area contributed by atoms with E-state index < -0.39 is 16.6 Å². The summed E-state index contributed by atoms with van der Waals surface area (Å²) in [5, 5.41) is 23.3. The van der Waals surface area contributed by atoms with Crippen LogP contribution < -0.4 is 4.74 Å². The van der Waals surface area contributed by atoms with Crippen molar-refractivity contribution in [1.82, 2.24) is 19.9 Å². The lowest BCUT2D eigenvalue weighted by molar-refractivity contribution is -0.127. The van der Waals surface area contributed by atoms with E-state index in [0.717, 1.165) is 18.7 Å². The molecule has 1 fully saturated rings. The average Bonchev–Trinajstić information content (AvgIpc) is 2.86. The Morgan fingerprint density at radius 3 is 2.36 bits per heavy atom. The molecule has 188 valence electrons. The third kappa shape index (κ3) is 4.72. The molecule has 0 saturated carbocycles. The van der Waals surface area contributed by atoms with Crippen LogP contribution in [0.2, 0.25) is 0 Å². The van der Waals surface area contributed by atoms with Crippen LogP contribution >= 0.6 is 0 Å². The van der Waals surface area contributed by atoms with Crippen molar-refractivity contribution in [3.63, 3.8) is 0 Å². The summed E-state index contributed by atoms with van der Waals surface area (Å²) in [7, 11) is 3.55. The van der Waals surface area contributed by atoms with E-state index >= 15 is 0 Å². The molecule has 1 saturated heterocycles. The fraction of sp³-hybridized carbons (Fsp3) is 0.414. The maximum atomic E-state index is 12.4. The molecule has 2 atom stereocenters. The summed E-state index contributed by atoms with van der Waals surface area (Å²) in [6.45, 7) is 9.47. The van der Waals surface area contributed by atoms with E-state index in [1.54, 1.807) is 25.4 Å². The second-order valence-corrected chi connectivity index (χ2v) is 10.5. The van der Waals surface area contributed by atoms with Gasteiger partial charge in [-0.1, -0.05) is 56.9 Å². The van der Waals surface area contributed by atoms with Gasteiger partial charge in [-0.05, 0) is 37.1 Å². The summed E-state index contributed by atoms with van der Waals surface area (Å²) in [5.74, 6) is 6.65. The molecule has 0 bridgehead atoms. The van der Waals surface area contributed by atoms with Crippen molar-refractivity contribution in [2.24, 2.45) is 5.41 Å². The number of aliphatic hydroxyl groups is 2. The smallest absolute Gasteiger partial charge is 0.216 e. The lowest BCUT2D eigenvalue weighted by atomic mass is 9.62. The number of rotatable bonds is 6. The fourth-order valence-corrected chi connectivity index (χ4v) is 5.03. The normalized spacial score (nSPS) is 18.4. The van der Waals surface area contributed by atoms with Gasteiger partial charge in [-0.2, -0.15) is 0 Å². The van der Waals surface area contributed by atoms with Gasteiger partial charge in [0.05, 0.1) is 12.8 Å². The first-order valence-corrected chi connectivity index (χ1v) is 12.1. The molecule has 1 aromatic carbocycles. The van der Waals surface area contributed by atoms with E-state index in [1.165, 1.54) is 19.0 Å². The molecule has 36 heavy (non-hydrogen) atoms. The summed E-state index contributed by atoms with van der Waals surface area (Å²) < 4.78 is 5.13. The van der Waals surface area contributed by atoms with E-state index in [0.29, 0.717) is 28.6 Å². The van der Waals surface area contributed by atoms with Crippen molar-refractivity contribution in [3.05, 3.63) is 83.1 Å². The minimum atomic E-state index is -1.53. The number of benzene rings is 1. The fourth-order valence-electron chi connectivity index (χ4n) is 5.03. The number of ether oxygens (including phenoxy) is 1. The van der Waals surface area contributed by atoms with Gasteiger partial charge >= 0.3 is 0 Å². The topological polar surface area (TPSA) is 91.6 Å². The molecule has 7 heteroatoms. The third-order valence-corrected chi connectivity index (χ3v) is 7.06. The Kier molecular flexibility index (Phi) is 6.89. The van der Waals surface area contributed by atoms with Gasteiger partial charge in [-0.3, -0.25) is 4.98 Å². The Labute approximate surface area is 213 Å². The molecule has 0 radical (unpaired) electrons. The van der Waals surface area contributed by atoms with Crippen LogP contribution in [0.15, 0.2) is 55.1 Å². The molecule has 0 spiro atoms. The number of likely N-dealkylation sites (tertiary alicyclic amines) is 1. The van der Waals surface area contributed by atoms with Crippen molar-refractivity contribution in [3.8, 4) is 17.7 Å². The molecule has 2 N–H and O–H groups in total. The van der Waals surface area contributed by atoms with Crippen LogP contribution in [0, 0.1) is 17.3 Å². The van der Waals surface area contributed by atoms with Gasteiger partial charge in [0.25, 0.3) is 0 Å². The van der Waals surface area contributed by atoms with Gasteiger partial charge in [0.1, 0.15) is 11.9 Å². The Bertz CT molecular complexity index is 1290. The summed E-state index contributed by atoms with van der Waals surface area (Å²) in [6.07, 6.45) is 4.66. The van der Waals surface area contributed by atoms with Gasteiger partial charge in [0, 0.05) is 48.1 Å². The maximum absolute atomic E-state index is 12.4. The molecule has 0 aliphatic carbocycles. The minimum absolute atomic E-state index is 0.331. The highest BCUT2D eigenvalue weighted by Gasteiger charge is 2.55. The largest absolute Gasteiger partial charge is 0.481 e. The van der Waals surface area contributed by atoms with Gasteiger partial charge in [0.15, 0.2) is 5.60 Å². The number of aromatic nitrogens is 3. The highest BCUT2D eigenvalue weighted by Crippen LogP contribution is 2.50. The minimum Gasteiger partial charge on any atom is -0.481 e. The molecule has 2 aromatic heterocycles. The van der Waals surface area contributed by atoms with Crippen molar-refractivity contribution in [2.75, 3.05) is 27.2 Å². The number of pyridine rings is 1. The van der Waals surface area contributed by atoms with E-state index in [2.05, 4.69) is 64.6 Å². The van der Waals surface area contributed by atoms with Crippen LogP contribution in [0.3, 0.4) is 0 Å². The quantitative estimate of drug-likeness (QED) is 0.516. The summed E-state index contributed by atoms with van der Waals surface area (Å²) in [4.78, 5) is 14.7. The SMILES string of the molecule is COc1cc([C@](C)(O)C#Cc2cncc([C@@](O)(c3ccc(C(C)C)cc3)C3(C)CN(C)C3)c2)ncn1. The second kappa shape index (κ2) is 9.62. The average molecular weight is 487 g/mol. The molecule has 0 amide bonds. The summed E-state index contributed by atoms with van der Waals surface area (Å²) in [6, 6.07) is 11.6. The maximum Gasteiger partial charge on any atom is 0.216 e. The van der Waals surface area contributed by atoms with Gasteiger partial charge in [-0.15, -0.1) is 0 Å². The standard InChI is InChI=1S/C29H34N4O3/c1-20(2)22-7-9-23(10-8-22)29(35,27(3)17-33(5)18-27)24-13-21(15-30-16-24)11-12-28(4,34)25-14-26(36-6)32-19-31-25/h7-10,13-16,19-20,34-35H,17-18H2,1-6H3/t28-,29+/m1/s1. The molecule has 1 aliphatic rings. The zero-order valence-electron chi connectivity index (χ0n) is 21.8. The van der Waals surface area contributed by atoms with Gasteiger partial charge in [0.2, 0.25) is 5.88 Å². The summed E-state index contributed by atoms with van der Waals surface area (Å²) >= 11 is 0. The predicted octanol–water partition coefficient (Wildman–Crippen LogP) is 3.45. The zero-order valence-corrected chi connectivity index (χ0v) is 21.8. The van der Waals surface area contributed by atoms with E-state index in [-0.39, 0.29) is 0 Å². The first-order valence-electron chi connectivity index (χ1n) is 12.1. The molecule has 1 aliphatic heterocycles. The van der Waals surface area contributed by atoms with Crippen LogP contribution in [0.25, 0.3) is 0 Å². The van der Waals surface area contributed by atoms with Gasteiger partial charge < -0.3 is 19.8 Å². The van der Waals surface area contributed by atoms with Gasteiger partial charge in [-0.25, -0.2) is 9.97 Å². The molecular formula is C29H34N4O3. The van der Waals surface area contributed by atoms with E-state index in [9.17, 15) is 10.2 Å². The first-order chi connectivity index (χ1) is 17.0. The molecule has 3 aromatic rings. The Hall–Kier alpha value is -3.31. The highest BCUT2D eigenvalue weighted by atomic mass is 16.5. The van der Waals surface area contributed by atoms with Crippen molar-refractivity contribution in [2.45, 2.75) is 44.8 Å². The number of nitrogens with zero attached hydrogens (tertiary/aromatic N) is 4. The summed E-state index contributed by atoms with van der Waals surface area (Å²) in [5.41, 5.74) is 0.441. The highest BCUT2D eigenvalue weighted by molar-refractivity contribution is 5.45. The van der Waals surface area contributed by atoms with Crippen molar-refractivity contribution in [1.29, 1.82) is 0 Å². The van der Waals surface area contributed by atoms with Crippen LogP contribution in [0.4, 0.5) is 0 Å². The lowest BCUT2D eigenvalue weighted by Crippen LogP contribution is -2.63. The number of hydrogen-bond donors (Lipinski definition) is 2. The Morgan fingerprint density at radius 2 is 1.75 bits per heavy atom. The molecule has 7 nitrogen and oxygen atoms in total. The predicted molar refractivity (Wildman–Crippen MR) is 138 cm³/mol. The molecule has 0 unspecified atom stereocenters. The van der Waals surface area contributed by atoms with Crippen LogP contribution in [0.1, 0.15) is 61.6 Å². The van der Waals surface area contributed by atoms with Crippen molar-refractivity contribution < 1.29 is 14.9 Å². The Morgan fingerprint density at radius 1 is 1.06 bits per heavy atom. The van der Waals surface area contributed by atoms with Crippen molar-refractivity contribution >= 4 is 0 Å². The Balaban J connectivity index is 1.74. The number of hydrogen-bond acceptors (Lipinski definition) is 7.